The lowest BCUT2D eigenvalue weighted by molar-refractivity contribution is -0.127. The van der Waals surface area contributed by atoms with Crippen LogP contribution in [-0.4, -0.2) is 62.3 Å². The van der Waals surface area contributed by atoms with Crippen LogP contribution in [0.4, 0.5) is 0 Å². The van der Waals surface area contributed by atoms with Gasteiger partial charge in [-0.3, -0.25) is 9.59 Å². The second kappa shape index (κ2) is 12.9. The molecule has 2 rings (SSSR count). The summed E-state index contributed by atoms with van der Waals surface area (Å²) in [4.78, 5) is 31.7. The Balaban J connectivity index is 0.00000480. The molecular weight excluding hydrogens is 505 g/mol. The van der Waals surface area contributed by atoms with Crippen LogP contribution >= 0.6 is 24.0 Å². The lowest BCUT2D eigenvalue weighted by Gasteiger charge is -2.19. The van der Waals surface area contributed by atoms with Crippen molar-refractivity contribution in [2.24, 2.45) is 4.99 Å². The molecule has 2 aromatic rings. The van der Waals surface area contributed by atoms with Crippen molar-refractivity contribution in [3.8, 4) is 0 Å². The minimum absolute atomic E-state index is 0. The molecule has 31 heavy (non-hydrogen) atoms. The van der Waals surface area contributed by atoms with E-state index in [-0.39, 0.29) is 48.4 Å². The average Bonchev–Trinajstić information content (AvgIpc) is 2.75. The van der Waals surface area contributed by atoms with Gasteiger partial charge >= 0.3 is 0 Å². The van der Waals surface area contributed by atoms with Gasteiger partial charge in [-0.25, -0.2) is 4.99 Å². The number of halogens is 1. The Hall–Kier alpha value is -2.62. The van der Waals surface area contributed by atoms with E-state index in [2.05, 4.69) is 15.6 Å². The van der Waals surface area contributed by atoms with E-state index in [9.17, 15) is 9.59 Å². The predicted octanol–water partition coefficient (Wildman–Crippen LogP) is 2.89. The molecule has 1 unspecified atom stereocenters. The molecule has 7 nitrogen and oxygen atoms in total. The van der Waals surface area contributed by atoms with E-state index >= 15 is 0 Å². The fourth-order valence-electron chi connectivity index (χ4n) is 2.68. The van der Waals surface area contributed by atoms with E-state index in [0.29, 0.717) is 18.1 Å². The third-order valence-electron chi connectivity index (χ3n) is 4.59. The highest BCUT2D eigenvalue weighted by atomic mass is 127. The molecule has 2 aromatic carbocycles. The van der Waals surface area contributed by atoms with Gasteiger partial charge in [0, 0.05) is 33.8 Å². The maximum atomic E-state index is 12.0. The van der Waals surface area contributed by atoms with E-state index in [1.807, 2.05) is 49.4 Å². The lowest BCUT2D eigenvalue weighted by Crippen LogP contribution is -2.43. The molecule has 0 fully saturated rings. The fraction of sp³-hybridized carbons (Fsp3) is 0.348. The molecule has 2 N–H and O–H groups in total. The third-order valence-corrected chi connectivity index (χ3v) is 4.59. The van der Waals surface area contributed by atoms with Crippen molar-refractivity contribution in [1.29, 1.82) is 0 Å². The van der Waals surface area contributed by atoms with Crippen LogP contribution in [0.1, 0.15) is 34.5 Å². The van der Waals surface area contributed by atoms with Gasteiger partial charge in [0.1, 0.15) is 0 Å². The predicted molar refractivity (Wildman–Crippen MR) is 136 cm³/mol. The molecule has 1 atom stereocenters. The van der Waals surface area contributed by atoms with Crippen molar-refractivity contribution in [2.75, 3.05) is 34.7 Å². The van der Waals surface area contributed by atoms with Crippen LogP contribution in [0.25, 0.3) is 0 Å². The van der Waals surface area contributed by atoms with Crippen LogP contribution in [0.15, 0.2) is 59.6 Å². The van der Waals surface area contributed by atoms with Crippen molar-refractivity contribution >= 4 is 41.8 Å². The third kappa shape index (κ3) is 8.56. The molecule has 0 aliphatic carbocycles. The Morgan fingerprint density at radius 2 is 1.55 bits per heavy atom. The molecule has 0 radical (unpaired) electrons. The summed E-state index contributed by atoms with van der Waals surface area (Å²) in [5.41, 5.74) is 2.73. The minimum atomic E-state index is -0.0385. The van der Waals surface area contributed by atoms with Crippen molar-refractivity contribution in [3.63, 3.8) is 0 Å². The Kier molecular flexibility index (Phi) is 11.0. The number of nitrogens with one attached hydrogen (secondary N) is 2. The molecule has 0 aromatic heterocycles. The fourth-order valence-corrected chi connectivity index (χ4v) is 2.68. The maximum Gasteiger partial charge on any atom is 0.253 e. The SMILES string of the molecule is CC(NC(=NCc1ccc(C(=O)N(C)C)cc1)NCC(=O)N(C)C)c1ccccc1.I. The first-order valence-electron chi connectivity index (χ1n) is 9.88. The molecule has 0 saturated carbocycles. The Morgan fingerprint density at radius 3 is 2.10 bits per heavy atom. The van der Waals surface area contributed by atoms with Gasteiger partial charge < -0.3 is 20.4 Å². The van der Waals surface area contributed by atoms with E-state index in [4.69, 9.17) is 0 Å². The van der Waals surface area contributed by atoms with E-state index in [0.717, 1.165) is 11.1 Å². The highest BCUT2D eigenvalue weighted by Gasteiger charge is 2.11. The summed E-state index contributed by atoms with van der Waals surface area (Å²) in [6, 6.07) is 17.4. The van der Waals surface area contributed by atoms with Crippen LogP contribution in [0.3, 0.4) is 0 Å². The number of benzene rings is 2. The molecule has 0 heterocycles. The molecule has 0 aliphatic heterocycles. The molecule has 0 aliphatic rings. The topological polar surface area (TPSA) is 77.0 Å². The Morgan fingerprint density at radius 1 is 0.935 bits per heavy atom. The van der Waals surface area contributed by atoms with Gasteiger partial charge in [0.25, 0.3) is 5.91 Å². The molecule has 8 heteroatoms. The van der Waals surface area contributed by atoms with Gasteiger partial charge in [-0.1, -0.05) is 42.5 Å². The zero-order chi connectivity index (χ0) is 22.1. The van der Waals surface area contributed by atoms with E-state index < -0.39 is 0 Å². The minimum Gasteiger partial charge on any atom is -0.350 e. The van der Waals surface area contributed by atoms with Crippen molar-refractivity contribution in [2.45, 2.75) is 19.5 Å². The van der Waals surface area contributed by atoms with Crippen molar-refractivity contribution < 1.29 is 9.59 Å². The van der Waals surface area contributed by atoms with Gasteiger partial charge in [0.15, 0.2) is 5.96 Å². The average molecular weight is 537 g/mol. The number of amides is 2. The van der Waals surface area contributed by atoms with Gasteiger partial charge in [-0.2, -0.15) is 0 Å². The smallest absolute Gasteiger partial charge is 0.253 e. The zero-order valence-electron chi connectivity index (χ0n) is 18.8. The standard InChI is InChI=1S/C23H31N5O2.HI/c1-17(19-9-7-6-8-10-19)26-23(25-16-21(29)27(2)3)24-15-18-11-13-20(14-12-18)22(30)28(4)5;/h6-14,17H,15-16H2,1-5H3,(H2,24,25,26);1H. The quantitative estimate of drug-likeness (QED) is 0.324. The highest BCUT2D eigenvalue weighted by Crippen LogP contribution is 2.11. The van der Waals surface area contributed by atoms with Gasteiger partial charge in [0.05, 0.1) is 19.1 Å². The summed E-state index contributed by atoms with van der Waals surface area (Å²) < 4.78 is 0. The number of likely N-dealkylation sites (N-methyl/N-ethyl adjacent to an activating group) is 1. The maximum absolute atomic E-state index is 12.0. The molecule has 0 saturated heterocycles. The Bertz CT molecular complexity index is 867. The van der Waals surface area contributed by atoms with Gasteiger partial charge in [0.2, 0.25) is 5.91 Å². The van der Waals surface area contributed by atoms with E-state index in [1.165, 1.54) is 4.90 Å². The van der Waals surface area contributed by atoms with Crippen LogP contribution in [-0.2, 0) is 11.3 Å². The number of carbonyl (C=O) groups is 2. The first-order valence-corrected chi connectivity index (χ1v) is 9.88. The normalized spacial score (nSPS) is 11.7. The van der Waals surface area contributed by atoms with Gasteiger partial charge in [-0.15, -0.1) is 24.0 Å². The lowest BCUT2D eigenvalue weighted by atomic mass is 10.1. The number of hydrogen-bond donors (Lipinski definition) is 2. The molecule has 168 valence electrons. The Labute approximate surface area is 201 Å². The number of carbonyl (C=O) groups excluding carboxylic acids is 2. The summed E-state index contributed by atoms with van der Waals surface area (Å²) in [5, 5.41) is 6.45. The monoisotopic (exact) mass is 537 g/mol. The summed E-state index contributed by atoms with van der Waals surface area (Å²) in [6.45, 7) is 2.61. The highest BCUT2D eigenvalue weighted by molar-refractivity contribution is 14.0. The van der Waals surface area contributed by atoms with Crippen LogP contribution in [0.5, 0.6) is 0 Å². The molecular formula is C23H32IN5O2. The number of aliphatic imine (C=N–C) groups is 1. The first kappa shape index (κ1) is 26.4. The van der Waals surface area contributed by atoms with Crippen LogP contribution < -0.4 is 10.6 Å². The largest absolute Gasteiger partial charge is 0.350 e. The van der Waals surface area contributed by atoms with Crippen LogP contribution in [0, 0.1) is 0 Å². The first-order chi connectivity index (χ1) is 14.3. The summed E-state index contributed by atoms with van der Waals surface area (Å²) in [7, 11) is 6.90. The second-order valence-electron chi connectivity index (χ2n) is 7.48. The van der Waals surface area contributed by atoms with Crippen molar-refractivity contribution in [1.82, 2.24) is 20.4 Å². The zero-order valence-corrected chi connectivity index (χ0v) is 21.1. The molecule has 0 spiro atoms. The summed E-state index contributed by atoms with van der Waals surface area (Å²) >= 11 is 0. The van der Waals surface area contributed by atoms with Crippen molar-refractivity contribution in [3.05, 3.63) is 71.3 Å². The molecule has 0 bridgehead atoms. The number of guanidine groups is 1. The van der Waals surface area contributed by atoms with Crippen LogP contribution in [0.2, 0.25) is 0 Å². The number of nitrogens with zero attached hydrogens (tertiary/aromatic N) is 3. The number of rotatable bonds is 7. The second-order valence-corrected chi connectivity index (χ2v) is 7.48. The number of hydrogen-bond acceptors (Lipinski definition) is 3. The summed E-state index contributed by atoms with van der Waals surface area (Å²) in [6.07, 6.45) is 0. The molecule has 2 amide bonds. The van der Waals surface area contributed by atoms with E-state index in [1.54, 1.807) is 45.2 Å². The summed E-state index contributed by atoms with van der Waals surface area (Å²) in [5.74, 6) is 0.478. The van der Waals surface area contributed by atoms with Gasteiger partial charge in [-0.05, 0) is 30.2 Å².